The van der Waals surface area contributed by atoms with E-state index in [0.717, 1.165) is 33.3 Å². The molecule has 4 rings (SSSR count). The molecule has 1 aliphatic rings. The lowest BCUT2D eigenvalue weighted by atomic mass is 10.1. The van der Waals surface area contributed by atoms with Crippen LogP contribution in [-0.2, 0) is 13.0 Å². The first-order valence-electron chi connectivity index (χ1n) is 8.32. The van der Waals surface area contributed by atoms with Gasteiger partial charge in [-0.1, -0.05) is 17.7 Å². The number of carbonyl (C=O) groups is 1. The Labute approximate surface area is 161 Å². The molecule has 1 aliphatic heterocycles. The topological polar surface area (TPSA) is 42.4 Å². The fourth-order valence-corrected chi connectivity index (χ4v) is 4.35. The van der Waals surface area contributed by atoms with E-state index in [2.05, 4.69) is 0 Å². The van der Waals surface area contributed by atoms with Gasteiger partial charge in [-0.05, 0) is 42.5 Å². The molecule has 132 valence electrons. The molecule has 0 spiro atoms. The van der Waals surface area contributed by atoms with Crippen LogP contribution >= 0.6 is 22.9 Å². The van der Waals surface area contributed by atoms with E-state index in [4.69, 9.17) is 21.3 Å². The van der Waals surface area contributed by atoms with E-state index in [9.17, 15) is 4.79 Å². The number of thiazole rings is 1. The summed E-state index contributed by atoms with van der Waals surface area (Å²) in [5.41, 5.74) is 2.79. The number of methoxy groups -OCH3 is 1. The van der Waals surface area contributed by atoms with E-state index in [1.165, 1.54) is 0 Å². The Bertz CT molecular complexity index is 953. The molecular weight excluding hydrogens is 368 g/mol. The van der Waals surface area contributed by atoms with Crippen molar-refractivity contribution in [2.75, 3.05) is 13.7 Å². The van der Waals surface area contributed by atoms with Gasteiger partial charge in [0.25, 0.3) is 5.91 Å². The molecule has 2 heterocycles. The maximum atomic E-state index is 12.7. The van der Waals surface area contributed by atoms with Crippen molar-refractivity contribution >= 4 is 28.8 Å². The molecule has 0 aliphatic carbocycles. The zero-order valence-electron chi connectivity index (χ0n) is 14.2. The first-order valence-corrected chi connectivity index (χ1v) is 9.51. The van der Waals surface area contributed by atoms with Crippen molar-refractivity contribution in [1.82, 2.24) is 9.88 Å². The van der Waals surface area contributed by atoms with Crippen LogP contribution in [0.1, 0.15) is 20.9 Å². The van der Waals surface area contributed by atoms with Crippen molar-refractivity contribution in [2.45, 2.75) is 13.0 Å². The van der Waals surface area contributed by atoms with Gasteiger partial charge in [-0.2, -0.15) is 0 Å². The summed E-state index contributed by atoms with van der Waals surface area (Å²) in [7, 11) is 1.66. The number of hydrogen-bond donors (Lipinski definition) is 0. The van der Waals surface area contributed by atoms with Crippen LogP contribution in [0, 0.1) is 0 Å². The third kappa shape index (κ3) is 3.32. The SMILES string of the molecule is COc1ccc(-c2nc3c(s2)CN(C(=O)c2cccc(Cl)c2)CC3)cc1. The van der Waals surface area contributed by atoms with Gasteiger partial charge in [-0.25, -0.2) is 4.98 Å². The lowest BCUT2D eigenvalue weighted by Crippen LogP contribution is -2.35. The molecule has 1 aromatic heterocycles. The summed E-state index contributed by atoms with van der Waals surface area (Å²) in [6, 6.07) is 15.0. The first kappa shape index (κ1) is 17.1. The van der Waals surface area contributed by atoms with Crippen molar-refractivity contribution in [1.29, 1.82) is 0 Å². The summed E-state index contributed by atoms with van der Waals surface area (Å²) in [6.07, 6.45) is 0.772. The highest BCUT2D eigenvalue weighted by atomic mass is 35.5. The van der Waals surface area contributed by atoms with Gasteiger partial charge in [-0.3, -0.25) is 4.79 Å². The molecule has 0 fully saturated rings. The molecule has 0 unspecified atom stereocenters. The number of halogens is 1. The van der Waals surface area contributed by atoms with Crippen LogP contribution in [0.25, 0.3) is 10.6 Å². The maximum absolute atomic E-state index is 12.7. The summed E-state index contributed by atoms with van der Waals surface area (Å²) < 4.78 is 5.21. The van der Waals surface area contributed by atoms with Gasteiger partial charge in [0.2, 0.25) is 0 Å². The number of hydrogen-bond acceptors (Lipinski definition) is 4. The predicted octanol–water partition coefficient (Wildman–Crippen LogP) is 4.67. The average molecular weight is 385 g/mol. The standard InChI is InChI=1S/C20H17ClN2O2S/c1-25-16-7-5-13(6-8-16)19-22-17-9-10-23(12-18(17)26-19)20(24)14-3-2-4-15(21)11-14/h2-8,11H,9-10,12H2,1H3. The second kappa shape index (κ2) is 7.09. The molecule has 0 bridgehead atoms. The second-order valence-electron chi connectivity index (χ2n) is 6.10. The summed E-state index contributed by atoms with van der Waals surface area (Å²) in [5, 5.41) is 1.56. The molecule has 0 saturated heterocycles. The third-order valence-electron chi connectivity index (χ3n) is 4.43. The van der Waals surface area contributed by atoms with E-state index in [1.54, 1.807) is 42.7 Å². The summed E-state index contributed by atoms with van der Waals surface area (Å²) >= 11 is 7.66. The second-order valence-corrected chi connectivity index (χ2v) is 7.62. The van der Waals surface area contributed by atoms with E-state index >= 15 is 0 Å². The highest BCUT2D eigenvalue weighted by Gasteiger charge is 2.25. The fourth-order valence-electron chi connectivity index (χ4n) is 3.03. The van der Waals surface area contributed by atoms with Crippen molar-refractivity contribution in [3.05, 3.63) is 69.7 Å². The molecule has 0 radical (unpaired) electrons. The first-order chi connectivity index (χ1) is 12.6. The summed E-state index contributed by atoms with van der Waals surface area (Å²) in [6.45, 7) is 1.26. The van der Waals surface area contributed by atoms with Crippen LogP contribution in [0.3, 0.4) is 0 Å². The normalized spacial score (nSPS) is 13.4. The van der Waals surface area contributed by atoms with Gasteiger partial charge in [0, 0.05) is 34.0 Å². The highest BCUT2D eigenvalue weighted by Crippen LogP contribution is 2.33. The summed E-state index contributed by atoms with van der Waals surface area (Å²) in [4.78, 5) is 20.5. The van der Waals surface area contributed by atoms with Crippen LogP contribution in [0.4, 0.5) is 0 Å². The van der Waals surface area contributed by atoms with Crippen molar-refractivity contribution in [3.8, 4) is 16.3 Å². The molecular formula is C20H17ClN2O2S. The quantitative estimate of drug-likeness (QED) is 0.659. The average Bonchev–Trinajstić information content (AvgIpc) is 3.10. The van der Waals surface area contributed by atoms with Crippen LogP contribution < -0.4 is 4.74 Å². The minimum atomic E-state index is 0.0116. The predicted molar refractivity (Wildman–Crippen MR) is 104 cm³/mol. The van der Waals surface area contributed by atoms with Crippen LogP contribution in [0.5, 0.6) is 5.75 Å². The molecule has 2 aromatic carbocycles. The molecule has 4 nitrogen and oxygen atoms in total. The van der Waals surface area contributed by atoms with Gasteiger partial charge in [0.15, 0.2) is 0 Å². The highest BCUT2D eigenvalue weighted by molar-refractivity contribution is 7.15. The van der Waals surface area contributed by atoms with Gasteiger partial charge >= 0.3 is 0 Å². The molecule has 0 atom stereocenters. The molecule has 0 N–H and O–H groups in total. The Morgan fingerprint density at radius 1 is 1.23 bits per heavy atom. The zero-order valence-corrected chi connectivity index (χ0v) is 15.8. The Balaban J connectivity index is 1.55. The zero-order chi connectivity index (χ0) is 18.1. The number of carbonyl (C=O) groups excluding carboxylic acids is 1. The van der Waals surface area contributed by atoms with Gasteiger partial charge in [0.05, 0.1) is 19.3 Å². The number of fused-ring (bicyclic) bond motifs is 1. The molecule has 3 aromatic rings. The van der Waals surface area contributed by atoms with Gasteiger partial charge < -0.3 is 9.64 Å². The smallest absolute Gasteiger partial charge is 0.254 e. The van der Waals surface area contributed by atoms with E-state index in [0.29, 0.717) is 23.7 Å². The van der Waals surface area contributed by atoms with Crippen molar-refractivity contribution in [2.24, 2.45) is 0 Å². The lowest BCUT2D eigenvalue weighted by molar-refractivity contribution is 0.0736. The molecule has 0 saturated carbocycles. The minimum absolute atomic E-state index is 0.0116. The Morgan fingerprint density at radius 2 is 2.04 bits per heavy atom. The Morgan fingerprint density at radius 3 is 2.77 bits per heavy atom. The van der Waals surface area contributed by atoms with E-state index in [1.807, 2.05) is 29.2 Å². The van der Waals surface area contributed by atoms with Crippen LogP contribution in [-0.4, -0.2) is 29.4 Å². The molecule has 26 heavy (non-hydrogen) atoms. The number of benzene rings is 2. The third-order valence-corrected chi connectivity index (χ3v) is 5.79. The molecule has 6 heteroatoms. The number of nitrogens with zero attached hydrogens (tertiary/aromatic N) is 2. The Hall–Kier alpha value is -2.37. The number of rotatable bonds is 3. The van der Waals surface area contributed by atoms with Crippen LogP contribution in [0.2, 0.25) is 5.02 Å². The van der Waals surface area contributed by atoms with E-state index < -0.39 is 0 Å². The van der Waals surface area contributed by atoms with Gasteiger partial charge in [-0.15, -0.1) is 11.3 Å². The maximum Gasteiger partial charge on any atom is 0.254 e. The number of aromatic nitrogens is 1. The fraction of sp³-hybridized carbons (Fsp3) is 0.200. The molecule has 1 amide bonds. The number of amides is 1. The number of ether oxygens (including phenoxy) is 1. The minimum Gasteiger partial charge on any atom is -0.497 e. The monoisotopic (exact) mass is 384 g/mol. The van der Waals surface area contributed by atoms with Gasteiger partial charge in [0.1, 0.15) is 10.8 Å². The lowest BCUT2D eigenvalue weighted by Gasteiger charge is -2.26. The summed E-state index contributed by atoms with van der Waals surface area (Å²) in [5.74, 6) is 0.839. The largest absolute Gasteiger partial charge is 0.497 e. The van der Waals surface area contributed by atoms with Crippen LogP contribution in [0.15, 0.2) is 48.5 Å². The Kier molecular flexibility index (Phi) is 4.66. The van der Waals surface area contributed by atoms with E-state index in [-0.39, 0.29) is 5.91 Å². The van der Waals surface area contributed by atoms with Crippen molar-refractivity contribution < 1.29 is 9.53 Å². The van der Waals surface area contributed by atoms with Crippen molar-refractivity contribution in [3.63, 3.8) is 0 Å².